The molecule has 8 heteroatoms. The molecule has 3 atom stereocenters. The van der Waals surface area contributed by atoms with Crippen molar-refractivity contribution in [1.29, 1.82) is 0 Å². The lowest BCUT2D eigenvalue weighted by Crippen LogP contribution is -2.48. The van der Waals surface area contributed by atoms with E-state index in [2.05, 4.69) is 5.32 Å². The minimum absolute atomic E-state index is 0.171. The molecule has 0 radical (unpaired) electrons. The highest BCUT2D eigenvalue weighted by Crippen LogP contribution is 2.19. The molecular formula is C15H22N2O5S. The van der Waals surface area contributed by atoms with Crippen molar-refractivity contribution in [3.05, 3.63) is 35.9 Å². The van der Waals surface area contributed by atoms with Crippen LogP contribution in [0.2, 0.25) is 0 Å². The van der Waals surface area contributed by atoms with Gasteiger partial charge in [0.2, 0.25) is 5.91 Å². The fourth-order valence-electron chi connectivity index (χ4n) is 2.66. The van der Waals surface area contributed by atoms with Crippen molar-refractivity contribution in [2.24, 2.45) is 5.73 Å². The van der Waals surface area contributed by atoms with Crippen LogP contribution in [0.15, 0.2) is 30.3 Å². The average molecular weight is 342 g/mol. The lowest BCUT2D eigenvalue weighted by molar-refractivity contribution is -0.122. The molecule has 23 heavy (non-hydrogen) atoms. The zero-order chi connectivity index (χ0) is 17.0. The molecule has 1 saturated carbocycles. The van der Waals surface area contributed by atoms with Crippen LogP contribution in [0.3, 0.4) is 0 Å². The van der Waals surface area contributed by atoms with Gasteiger partial charge >= 0.3 is 0 Å². The van der Waals surface area contributed by atoms with E-state index >= 15 is 0 Å². The maximum Gasteiger partial charge on any atom is 0.238 e. The van der Waals surface area contributed by atoms with Crippen LogP contribution < -0.4 is 11.1 Å². The second-order valence-electron chi connectivity index (χ2n) is 5.96. The summed E-state index contributed by atoms with van der Waals surface area (Å²) in [7, 11) is -3.52. The summed E-state index contributed by atoms with van der Waals surface area (Å²) >= 11 is 0. The highest BCUT2D eigenvalue weighted by Gasteiger charge is 2.33. The number of aliphatic hydroxyl groups is 2. The predicted octanol–water partition coefficient (Wildman–Crippen LogP) is -1.07. The van der Waals surface area contributed by atoms with Crippen molar-refractivity contribution >= 4 is 15.7 Å². The smallest absolute Gasteiger partial charge is 0.238 e. The first-order valence-electron chi connectivity index (χ1n) is 7.43. The zero-order valence-electron chi connectivity index (χ0n) is 12.6. The van der Waals surface area contributed by atoms with Crippen LogP contribution in [0.25, 0.3) is 0 Å². The molecule has 0 saturated heterocycles. The molecule has 0 heterocycles. The Kier molecular flexibility index (Phi) is 5.74. The Morgan fingerprint density at radius 3 is 2.35 bits per heavy atom. The molecule has 1 aromatic rings. The fraction of sp³-hybridized carbons (Fsp3) is 0.533. The van der Waals surface area contributed by atoms with Crippen molar-refractivity contribution in [2.75, 3.05) is 5.75 Å². The number of nitrogens with two attached hydrogens (primary N) is 1. The molecule has 2 unspecified atom stereocenters. The average Bonchev–Trinajstić information content (AvgIpc) is 2.77. The summed E-state index contributed by atoms with van der Waals surface area (Å²) in [4.78, 5) is 12.0. The van der Waals surface area contributed by atoms with Gasteiger partial charge in [0.25, 0.3) is 0 Å². The lowest BCUT2D eigenvalue weighted by Gasteiger charge is -2.16. The highest BCUT2D eigenvalue weighted by atomic mass is 32.2. The number of benzene rings is 1. The van der Waals surface area contributed by atoms with E-state index < -0.39 is 45.8 Å². The lowest BCUT2D eigenvalue weighted by atomic mass is 10.2. The van der Waals surface area contributed by atoms with Crippen molar-refractivity contribution in [1.82, 2.24) is 5.32 Å². The Balaban J connectivity index is 1.87. The van der Waals surface area contributed by atoms with E-state index in [-0.39, 0.29) is 18.6 Å². The first-order valence-corrected chi connectivity index (χ1v) is 9.25. The molecule has 2 rings (SSSR count). The summed E-state index contributed by atoms with van der Waals surface area (Å²) in [5.41, 5.74) is 6.33. The molecule has 1 aliphatic carbocycles. The van der Waals surface area contributed by atoms with E-state index in [1.165, 1.54) is 0 Å². The van der Waals surface area contributed by atoms with Crippen LogP contribution in [0.5, 0.6) is 0 Å². The van der Waals surface area contributed by atoms with E-state index in [9.17, 15) is 23.4 Å². The Morgan fingerprint density at radius 2 is 1.78 bits per heavy atom. The molecule has 1 fully saturated rings. The Labute approximate surface area is 135 Å². The minimum Gasteiger partial charge on any atom is -0.390 e. The van der Waals surface area contributed by atoms with Crippen LogP contribution >= 0.6 is 0 Å². The van der Waals surface area contributed by atoms with E-state index in [4.69, 9.17) is 5.73 Å². The first kappa shape index (κ1) is 17.9. The highest BCUT2D eigenvalue weighted by molar-refractivity contribution is 7.90. The number of carbonyl (C=O) groups excluding carboxylic acids is 1. The maximum absolute atomic E-state index is 12.1. The number of sulfone groups is 1. The van der Waals surface area contributed by atoms with Gasteiger partial charge in [-0.25, -0.2) is 8.42 Å². The summed E-state index contributed by atoms with van der Waals surface area (Å²) < 4.78 is 24.2. The van der Waals surface area contributed by atoms with Crippen LogP contribution in [0.4, 0.5) is 0 Å². The second kappa shape index (κ2) is 7.39. The summed E-state index contributed by atoms with van der Waals surface area (Å²) in [5.74, 6) is -1.21. The van der Waals surface area contributed by atoms with Crippen LogP contribution in [-0.2, 0) is 20.4 Å². The Bertz CT molecular complexity index is 625. The van der Waals surface area contributed by atoms with Crippen LogP contribution in [-0.4, -0.2) is 54.6 Å². The van der Waals surface area contributed by atoms with E-state index in [1.807, 2.05) is 0 Å². The second-order valence-corrected chi connectivity index (χ2v) is 8.07. The maximum atomic E-state index is 12.1. The van der Waals surface area contributed by atoms with Gasteiger partial charge in [-0.15, -0.1) is 0 Å². The molecule has 0 spiro atoms. The topological polar surface area (TPSA) is 130 Å². The molecule has 5 N–H and O–H groups in total. The third-order valence-electron chi connectivity index (χ3n) is 3.84. The standard InChI is InChI=1S/C15H22N2O5S/c16-12(15(20)17-11-6-13(18)14(19)7-11)9-23(21,22)8-10-4-2-1-3-5-10/h1-5,11-14,18-19H,6-9,16H2,(H,17,20)/t11?,12-,13?,14?/m0/s1. The van der Waals surface area contributed by atoms with Gasteiger partial charge in [-0.3, -0.25) is 4.79 Å². The summed E-state index contributed by atoms with van der Waals surface area (Å²) in [6.45, 7) is 0. The monoisotopic (exact) mass is 342 g/mol. The molecular weight excluding hydrogens is 320 g/mol. The third kappa shape index (κ3) is 5.28. The molecule has 128 valence electrons. The summed E-state index contributed by atoms with van der Waals surface area (Å²) in [5, 5.41) is 21.5. The van der Waals surface area contributed by atoms with Gasteiger partial charge in [-0.05, 0) is 18.4 Å². The molecule has 1 aliphatic rings. The molecule has 0 aromatic heterocycles. The van der Waals surface area contributed by atoms with E-state index in [0.29, 0.717) is 5.56 Å². The van der Waals surface area contributed by atoms with Crippen LogP contribution in [0.1, 0.15) is 18.4 Å². The fourth-order valence-corrected chi connectivity index (χ4v) is 4.17. The quantitative estimate of drug-likeness (QED) is 0.521. The molecule has 0 bridgehead atoms. The van der Waals surface area contributed by atoms with Gasteiger partial charge in [-0.1, -0.05) is 30.3 Å². The van der Waals surface area contributed by atoms with Crippen molar-refractivity contribution < 1.29 is 23.4 Å². The van der Waals surface area contributed by atoms with Crippen molar-refractivity contribution in [3.8, 4) is 0 Å². The Hall–Kier alpha value is -1.48. The van der Waals surface area contributed by atoms with Gasteiger partial charge in [0, 0.05) is 6.04 Å². The number of hydrogen-bond acceptors (Lipinski definition) is 6. The van der Waals surface area contributed by atoms with Gasteiger partial charge < -0.3 is 21.3 Å². The zero-order valence-corrected chi connectivity index (χ0v) is 13.4. The number of carbonyl (C=O) groups is 1. The van der Waals surface area contributed by atoms with Gasteiger partial charge in [-0.2, -0.15) is 0 Å². The SMILES string of the molecule is N[C@@H](CS(=O)(=O)Cc1ccccc1)C(=O)NC1CC(O)C(O)C1. The molecule has 7 nitrogen and oxygen atoms in total. The minimum atomic E-state index is -3.52. The number of nitrogens with one attached hydrogen (secondary N) is 1. The van der Waals surface area contributed by atoms with Crippen molar-refractivity contribution in [2.45, 2.75) is 42.9 Å². The van der Waals surface area contributed by atoms with Gasteiger partial charge in [0.05, 0.1) is 29.8 Å². The normalized spacial score (nSPS) is 26.0. The molecule has 1 amide bonds. The van der Waals surface area contributed by atoms with Crippen molar-refractivity contribution in [3.63, 3.8) is 0 Å². The third-order valence-corrected chi connectivity index (χ3v) is 5.48. The van der Waals surface area contributed by atoms with E-state index in [0.717, 1.165) is 0 Å². The Morgan fingerprint density at radius 1 is 1.22 bits per heavy atom. The van der Waals surface area contributed by atoms with Gasteiger partial charge in [0.1, 0.15) is 0 Å². The number of amides is 1. The molecule has 1 aromatic carbocycles. The van der Waals surface area contributed by atoms with Gasteiger partial charge in [0.15, 0.2) is 9.84 Å². The summed E-state index contributed by atoms with van der Waals surface area (Å²) in [6, 6.07) is 7.10. The van der Waals surface area contributed by atoms with E-state index in [1.54, 1.807) is 30.3 Å². The molecule has 0 aliphatic heterocycles. The largest absolute Gasteiger partial charge is 0.390 e. The number of aliphatic hydroxyl groups excluding tert-OH is 2. The number of hydrogen-bond donors (Lipinski definition) is 4. The summed E-state index contributed by atoms with van der Waals surface area (Å²) in [6.07, 6.45) is -1.29. The number of rotatable bonds is 6. The predicted molar refractivity (Wildman–Crippen MR) is 85.1 cm³/mol. The first-order chi connectivity index (χ1) is 10.8. The van der Waals surface area contributed by atoms with Crippen LogP contribution in [0, 0.1) is 0 Å².